The van der Waals surface area contributed by atoms with Gasteiger partial charge in [-0.25, -0.2) is 4.79 Å². The van der Waals surface area contributed by atoms with E-state index in [1.807, 2.05) is 24.0 Å². The molecule has 2 fully saturated rings. The molecule has 3 rings (SSSR count). The van der Waals surface area contributed by atoms with Crippen molar-refractivity contribution in [3.05, 3.63) is 29.8 Å². The molecule has 3 N–H and O–H groups in total. The van der Waals surface area contributed by atoms with Crippen LogP contribution in [0.1, 0.15) is 51.0 Å². The first-order valence-electron chi connectivity index (χ1n) is 10.2. The summed E-state index contributed by atoms with van der Waals surface area (Å²) in [6.07, 6.45) is 5.49. The van der Waals surface area contributed by atoms with E-state index in [0.717, 1.165) is 44.3 Å². The lowest BCUT2D eigenvalue weighted by Gasteiger charge is -2.34. The zero-order valence-corrected chi connectivity index (χ0v) is 17.7. The number of hydrogen-bond acceptors (Lipinski definition) is 4. The van der Waals surface area contributed by atoms with E-state index >= 15 is 0 Å². The zero-order chi connectivity index (χ0) is 20.1. The second-order valence-electron chi connectivity index (χ2n) is 7.61. The van der Waals surface area contributed by atoms with Gasteiger partial charge in [0, 0.05) is 36.8 Å². The molecule has 1 saturated heterocycles. The van der Waals surface area contributed by atoms with Crippen LogP contribution in [-0.4, -0.2) is 48.5 Å². The maximum Gasteiger partial charge on any atom is 0.324 e. The fourth-order valence-corrected chi connectivity index (χ4v) is 4.25. The predicted molar refractivity (Wildman–Crippen MR) is 116 cm³/mol. The van der Waals surface area contributed by atoms with Crippen LogP contribution in [0.3, 0.4) is 0 Å². The average Bonchev–Trinajstić information content (AvgIpc) is 3.08. The Bertz CT molecular complexity index is 717. The molecule has 160 valence electrons. The number of benzene rings is 1. The van der Waals surface area contributed by atoms with Crippen molar-refractivity contribution in [3.63, 3.8) is 0 Å². The van der Waals surface area contributed by atoms with Gasteiger partial charge in [-0.05, 0) is 69.2 Å². The van der Waals surface area contributed by atoms with Gasteiger partial charge in [0.2, 0.25) is 0 Å². The molecule has 29 heavy (non-hydrogen) atoms. The molecule has 1 aromatic carbocycles. The van der Waals surface area contributed by atoms with E-state index in [1.54, 1.807) is 17.0 Å². The van der Waals surface area contributed by atoms with Crippen molar-refractivity contribution >= 4 is 35.9 Å². The van der Waals surface area contributed by atoms with Gasteiger partial charge >= 0.3 is 12.0 Å². The smallest absolute Gasteiger partial charge is 0.324 e. The number of amidine groups is 1. The standard InChI is InChI=1S/C21H30N4O3.ClH/c1-2-28-19(26)12-5-15-3-8-17(9-4-15)24-13-14-25(21(24)27)18-10-6-16(7-11-18)20(22)23;/h6-7,10-11,15,17H,2-5,8-9,12-14H2,1H3,(H3,22,23);1H/t15-,17-;. The van der Waals surface area contributed by atoms with Crippen LogP contribution in [0.15, 0.2) is 24.3 Å². The number of carbonyl (C=O) groups excluding carboxylic acids is 2. The van der Waals surface area contributed by atoms with Gasteiger partial charge in [0.05, 0.1) is 6.61 Å². The second kappa shape index (κ2) is 10.5. The number of nitrogen functional groups attached to an aromatic ring is 1. The van der Waals surface area contributed by atoms with Crippen molar-refractivity contribution in [3.8, 4) is 0 Å². The summed E-state index contributed by atoms with van der Waals surface area (Å²) < 4.78 is 5.01. The van der Waals surface area contributed by atoms with E-state index in [0.29, 0.717) is 31.1 Å². The zero-order valence-electron chi connectivity index (χ0n) is 16.9. The molecule has 1 saturated carbocycles. The van der Waals surface area contributed by atoms with Crippen LogP contribution in [0, 0.1) is 11.3 Å². The largest absolute Gasteiger partial charge is 0.466 e. The minimum atomic E-state index is -0.106. The highest BCUT2D eigenvalue weighted by molar-refractivity contribution is 5.97. The number of rotatable bonds is 7. The Kier molecular flexibility index (Phi) is 8.32. The summed E-state index contributed by atoms with van der Waals surface area (Å²) in [6.45, 7) is 3.69. The third-order valence-electron chi connectivity index (χ3n) is 5.85. The molecule has 1 aliphatic heterocycles. The number of nitrogens with one attached hydrogen (secondary N) is 1. The number of carbonyl (C=O) groups is 2. The van der Waals surface area contributed by atoms with E-state index < -0.39 is 0 Å². The van der Waals surface area contributed by atoms with Gasteiger partial charge in [0.15, 0.2) is 0 Å². The van der Waals surface area contributed by atoms with E-state index in [9.17, 15) is 9.59 Å². The summed E-state index contributed by atoms with van der Waals surface area (Å²) in [4.78, 5) is 28.3. The van der Waals surface area contributed by atoms with Gasteiger partial charge in [0.25, 0.3) is 0 Å². The highest BCUT2D eigenvalue weighted by Crippen LogP contribution is 2.33. The third-order valence-corrected chi connectivity index (χ3v) is 5.85. The summed E-state index contributed by atoms with van der Waals surface area (Å²) >= 11 is 0. The lowest BCUT2D eigenvalue weighted by atomic mass is 9.83. The number of halogens is 1. The van der Waals surface area contributed by atoms with Crippen LogP contribution in [0.5, 0.6) is 0 Å². The topological polar surface area (TPSA) is 99.7 Å². The van der Waals surface area contributed by atoms with Gasteiger partial charge in [-0.15, -0.1) is 12.4 Å². The molecule has 0 spiro atoms. The molecule has 1 aliphatic carbocycles. The number of ether oxygens (including phenoxy) is 1. The van der Waals surface area contributed by atoms with Gasteiger partial charge in [-0.1, -0.05) is 0 Å². The van der Waals surface area contributed by atoms with Crippen molar-refractivity contribution in [2.24, 2.45) is 11.7 Å². The van der Waals surface area contributed by atoms with E-state index in [4.69, 9.17) is 15.9 Å². The SMILES string of the molecule is CCOC(=O)CC[C@H]1CC[C@H](N2CCN(c3ccc(C(=N)N)cc3)C2=O)CC1.Cl. The van der Waals surface area contributed by atoms with Crippen molar-refractivity contribution in [1.82, 2.24) is 4.90 Å². The van der Waals surface area contributed by atoms with Crippen molar-refractivity contribution in [2.75, 3.05) is 24.6 Å². The average molecular weight is 423 g/mol. The van der Waals surface area contributed by atoms with Gasteiger partial charge < -0.3 is 15.4 Å². The Morgan fingerprint density at radius 3 is 2.41 bits per heavy atom. The number of nitrogens with two attached hydrogens (primary N) is 1. The van der Waals surface area contributed by atoms with Crippen LogP contribution >= 0.6 is 12.4 Å². The van der Waals surface area contributed by atoms with Gasteiger partial charge in [-0.3, -0.25) is 15.1 Å². The Morgan fingerprint density at radius 1 is 1.17 bits per heavy atom. The molecule has 0 aromatic heterocycles. The summed E-state index contributed by atoms with van der Waals surface area (Å²) in [7, 11) is 0. The van der Waals surface area contributed by atoms with Crippen LogP contribution < -0.4 is 10.6 Å². The number of esters is 1. The molecule has 1 aromatic rings. The fraction of sp³-hybridized carbons (Fsp3) is 0.571. The normalized spacial score (nSPS) is 21.6. The first-order chi connectivity index (χ1) is 13.5. The molecule has 2 aliphatic rings. The molecule has 7 nitrogen and oxygen atoms in total. The molecule has 0 bridgehead atoms. The highest BCUT2D eigenvalue weighted by Gasteiger charge is 2.36. The molecule has 1 heterocycles. The van der Waals surface area contributed by atoms with Crippen LogP contribution in [0.4, 0.5) is 10.5 Å². The minimum absolute atomic E-state index is 0. The second-order valence-corrected chi connectivity index (χ2v) is 7.61. The van der Waals surface area contributed by atoms with Crippen molar-refractivity contribution < 1.29 is 14.3 Å². The van der Waals surface area contributed by atoms with E-state index in [1.165, 1.54) is 0 Å². The highest BCUT2D eigenvalue weighted by atomic mass is 35.5. The monoisotopic (exact) mass is 422 g/mol. The molecular formula is C21H31ClN4O3. The third kappa shape index (κ3) is 5.63. The Morgan fingerprint density at radius 2 is 1.83 bits per heavy atom. The lowest BCUT2D eigenvalue weighted by molar-refractivity contribution is -0.143. The number of nitrogens with zero attached hydrogens (tertiary/aromatic N) is 2. The van der Waals surface area contributed by atoms with Gasteiger partial charge in [0.1, 0.15) is 5.84 Å². The molecular weight excluding hydrogens is 392 g/mol. The van der Waals surface area contributed by atoms with E-state index in [-0.39, 0.29) is 36.3 Å². The summed E-state index contributed by atoms with van der Waals surface area (Å²) in [5, 5.41) is 7.47. The van der Waals surface area contributed by atoms with Crippen LogP contribution in [-0.2, 0) is 9.53 Å². The fourth-order valence-electron chi connectivity index (χ4n) is 4.25. The first-order valence-corrected chi connectivity index (χ1v) is 10.2. The number of urea groups is 1. The molecule has 8 heteroatoms. The summed E-state index contributed by atoms with van der Waals surface area (Å²) in [5.41, 5.74) is 7.01. The van der Waals surface area contributed by atoms with Gasteiger partial charge in [-0.2, -0.15) is 0 Å². The van der Waals surface area contributed by atoms with Crippen molar-refractivity contribution in [2.45, 2.75) is 51.5 Å². The number of anilines is 1. The number of amides is 2. The summed E-state index contributed by atoms with van der Waals surface area (Å²) in [6, 6.07) is 7.61. The van der Waals surface area contributed by atoms with Crippen LogP contribution in [0.2, 0.25) is 0 Å². The lowest BCUT2D eigenvalue weighted by Crippen LogP contribution is -2.41. The quantitative estimate of drug-likeness (QED) is 0.398. The maximum absolute atomic E-state index is 12.9. The minimum Gasteiger partial charge on any atom is -0.466 e. The molecule has 0 atom stereocenters. The molecule has 2 amide bonds. The molecule has 0 radical (unpaired) electrons. The maximum atomic E-state index is 12.9. The molecule has 0 unspecified atom stereocenters. The van der Waals surface area contributed by atoms with Crippen LogP contribution in [0.25, 0.3) is 0 Å². The first kappa shape index (κ1) is 23.0. The Labute approximate surface area is 178 Å². The van der Waals surface area contributed by atoms with E-state index in [2.05, 4.69) is 0 Å². The Balaban J connectivity index is 0.00000300. The predicted octanol–water partition coefficient (Wildman–Crippen LogP) is 3.54. The Hall–Kier alpha value is -2.28. The number of hydrogen-bond donors (Lipinski definition) is 2. The van der Waals surface area contributed by atoms with Crippen molar-refractivity contribution in [1.29, 1.82) is 5.41 Å². The summed E-state index contributed by atoms with van der Waals surface area (Å²) in [5.74, 6) is 0.472.